The van der Waals surface area contributed by atoms with Crippen LogP contribution in [0.1, 0.15) is 33.6 Å². The molecule has 0 aliphatic carbocycles. The van der Waals surface area contributed by atoms with E-state index in [2.05, 4.69) is 23.2 Å². The van der Waals surface area contributed by atoms with Crippen LogP contribution in [0.5, 0.6) is 0 Å². The zero-order valence-corrected chi connectivity index (χ0v) is 19.7. The zero-order chi connectivity index (χ0) is 22.7. The van der Waals surface area contributed by atoms with Crippen molar-refractivity contribution in [2.75, 3.05) is 27.2 Å². The predicted molar refractivity (Wildman–Crippen MR) is 129 cm³/mol. The second-order valence-corrected chi connectivity index (χ2v) is 9.99. The fourth-order valence-electron chi connectivity index (χ4n) is 4.70. The highest BCUT2D eigenvalue weighted by Gasteiger charge is 2.44. The Morgan fingerprint density at radius 1 is 1.16 bits per heavy atom. The number of benzene rings is 1. The summed E-state index contributed by atoms with van der Waals surface area (Å²) < 4.78 is 0. The average molecular weight is 448 g/mol. The predicted octanol–water partition coefficient (Wildman–Crippen LogP) is 4.67. The van der Waals surface area contributed by atoms with Crippen molar-refractivity contribution < 1.29 is 9.59 Å². The van der Waals surface area contributed by atoms with Crippen LogP contribution in [0.2, 0.25) is 0 Å². The van der Waals surface area contributed by atoms with Gasteiger partial charge in [0, 0.05) is 49.8 Å². The number of amides is 2. The van der Waals surface area contributed by atoms with Crippen LogP contribution in [0.4, 0.5) is 0 Å². The van der Waals surface area contributed by atoms with Gasteiger partial charge < -0.3 is 9.80 Å². The van der Waals surface area contributed by atoms with Crippen molar-refractivity contribution in [2.45, 2.75) is 26.2 Å². The number of carbonyl (C=O) groups is 2. The molecule has 1 aromatic carbocycles. The van der Waals surface area contributed by atoms with E-state index in [-0.39, 0.29) is 11.8 Å². The molecule has 0 bridgehead atoms. The van der Waals surface area contributed by atoms with Crippen LogP contribution in [-0.2, 0) is 11.2 Å². The van der Waals surface area contributed by atoms with Gasteiger partial charge in [0.2, 0.25) is 5.91 Å². The van der Waals surface area contributed by atoms with Crippen LogP contribution in [0.15, 0.2) is 60.2 Å². The lowest BCUT2D eigenvalue weighted by molar-refractivity contribution is -0.142. The lowest BCUT2D eigenvalue weighted by Crippen LogP contribution is -2.54. The lowest BCUT2D eigenvalue weighted by atomic mass is 9.73. The van der Waals surface area contributed by atoms with Gasteiger partial charge >= 0.3 is 0 Å². The summed E-state index contributed by atoms with van der Waals surface area (Å²) in [6.45, 7) is 3.13. The smallest absolute Gasteiger partial charge is 0.254 e. The van der Waals surface area contributed by atoms with Gasteiger partial charge in [0.1, 0.15) is 0 Å². The lowest BCUT2D eigenvalue weighted by Gasteiger charge is -2.43. The van der Waals surface area contributed by atoms with Crippen LogP contribution < -0.4 is 0 Å². The average Bonchev–Trinajstić information content (AvgIpc) is 3.25. The first-order valence-corrected chi connectivity index (χ1v) is 11.8. The van der Waals surface area contributed by atoms with Crippen LogP contribution in [0.25, 0.3) is 11.1 Å². The van der Waals surface area contributed by atoms with Crippen molar-refractivity contribution in [3.8, 4) is 11.1 Å². The largest absolute Gasteiger partial charge is 0.348 e. The Morgan fingerprint density at radius 3 is 2.66 bits per heavy atom. The molecule has 4 rings (SSSR count). The highest BCUT2D eigenvalue weighted by Crippen LogP contribution is 2.37. The topological polar surface area (TPSA) is 53.5 Å². The zero-order valence-electron chi connectivity index (χ0n) is 18.9. The van der Waals surface area contributed by atoms with Gasteiger partial charge in [-0.15, -0.1) is 11.3 Å². The summed E-state index contributed by atoms with van der Waals surface area (Å²) >= 11 is 1.58. The molecule has 1 aliphatic rings. The molecule has 1 atom stereocenters. The number of carbonyl (C=O) groups excluding carboxylic acids is 2. The molecule has 1 fully saturated rings. The SMILES string of the molecule is Cc1cc(C(=O)N2CCCC(Cc3cccc(-c4cccnc4)c3)(C(=O)N(C)C)C2)cs1. The maximum atomic E-state index is 13.5. The van der Waals surface area contributed by atoms with Crippen LogP contribution in [0, 0.1) is 12.3 Å². The third-order valence-electron chi connectivity index (χ3n) is 6.17. The number of hydrogen-bond acceptors (Lipinski definition) is 4. The van der Waals surface area contributed by atoms with Gasteiger partial charge in [0.15, 0.2) is 0 Å². The molecule has 2 aromatic heterocycles. The van der Waals surface area contributed by atoms with Crippen LogP contribution in [0.3, 0.4) is 0 Å². The fourth-order valence-corrected chi connectivity index (χ4v) is 5.37. The molecule has 1 aliphatic heterocycles. The molecule has 166 valence electrons. The molecule has 1 saturated heterocycles. The van der Waals surface area contributed by atoms with Crippen molar-refractivity contribution in [3.05, 3.63) is 76.2 Å². The first kappa shape index (κ1) is 22.2. The van der Waals surface area contributed by atoms with Crippen molar-refractivity contribution >= 4 is 23.2 Å². The summed E-state index contributed by atoms with van der Waals surface area (Å²) in [6.07, 6.45) is 5.80. The molecule has 3 heterocycles. The van der Waals surface area contributed by atoms with Gasteiger partial charge in [0.05, 0.1) is 11.0 Å². The molecule has 0 saturated carbocycles. The fraction of sp³-hybridized carbons (Fsp3) is 0.346. The molecule has 3 aromatic rings. The number of nitrogens with zero attached hydrogens (tertiary/aromatic N) is 3. The van der Waals surface area contributed by atoms with Crippen molar-refractivity contribution in [1.29, 1.82) is 0 Å². The van der Waals surface area contributed by atoms with Gasteiger partial charge in [-0.25, -0.2) is 0 Å². The molecule has 2 amide bonds. The standard InChI is InChI=1S/C26H29N3O2S/c1-19-13-23(17-32-19)24(30)29-12-6-10-26(18-29,25(31)28(2)3)15-20-7-4-8-21(14-20)22-9-5-11-27-16-22/h4-5,7-9,11,13-14,16-17H,6,10,12,15,18H2,1-3H3. The normalized spacial score (nSPS) is 18.4. The van der Waals surface area contributed by atoms with Crippen molar-refractivity contribution in [1.82, 2.24) is 14.8 Å². The van der Waals surface area contributed by atoms with Gasteiger partial charge in [-0.05, 0) is 55.0 Å². The number of piperidine rings is 1. The van der Waals surface area contributed by atoms with Crippen molar-refractivity contribution in [2.24, 2.45) is 5.41 Å². The van der Waals surface area contributed by atoms with Crippen molar-refractivity contribution in [3.63, 3.8) is 0 Å². The summed E-state index contributed by atoms with van der Waals surface area (Å²) in [5, 5.41) is 1.92. The molecular weight excluding hydrogens is 418 g/mol. The maximum Gasteiger partial charge on any atom is 0.254 e. The molecule has 5 nitrogen and oxygen atoms in total. The van der Waals surface area contributed by atoms with E-state index in [0.29, 0.717) is 19.5 Å². The van der Waals surface area contributed by atoms with Gasteiger partial charge in [-0.3, -0.25) is 14.6 Å². The third-order valence-corrected chi connectivity index (χ3v) is 7.03. The summed E-state index contributed by atoms with van der Waals surface area (Å²) in [4.78, 5) is 35.5. The van der Waals surface area contributed by atoms with E-state index in [9.17, 15) is 9.59 Å². The first-order valence-electron chi connectivity index (χ1n) is 10.9. The monoisotopic (exact) mass is 447 g/mol. The quantitative estimate of drug-likeness (QED) is 0.571. The third kappa shape index (κ3) is 4.60. The number of rotatable bonds is 5. The van der Waals surface area contributed by atoms with E-state index in [4.69, 9.17) is 0 Å². The minimum absolute atomic E-state index is 0.0223. The summed E-state index contributed by atoms with van der Waals surface area (Å²) in [6, 6.07) is 14.2. The van der Waals surface area contributed by atoms with Gasteiger partial charge in [-0.2, -0.15) is 0 Å². The van der Waals surface area contributed by atoms with E-state index in [1.54, 1.807) is 36.5 Å². The maximum absolute atomic E-state index is 13.5. The molecule has 1 unspecified atom stereocenters. The van der Waals surface area contributed by atoms with E-state index in [0.717, 1.165) is 40.0 Å². The number of thiophene rings is 1. The number of aryl methyl sites for hydroxylation is 1. The molecule has 0 N–H and O–H groups in total. The van der Waals surface area contributed by atoms with E-state index in [1.807, 2.05) is 47.7 Å². The Labute approximate surface area is 193 Å². The highest BCUT2D eigenvalue weighted by molar-refractivity contribution is 7.10. The van der Waals surface area contributed by atoms with E-state index < -0.39 is 5.41 Å². The summed E-state index contributed by atoms with van der Waals surface area (Å²) in [5.74, 6) is 0.109. The number of likely N-dealkylation sites (tertiary alicyclic amines) is 1. The second kappa shape index (κ2) is 9.25. The van der Waals surface area contributed by atoms with E-state index in [1.165, 1.54) is 0 Å². The summed E-state index contributed by atoms with van der Waals surface area (Å²) in [7, 11) is 3.61. The molecule has 0 spiro atoms. The van der Waals surface area contributed by atoms with Gasteiger partial charge in [0.25, 0.3) is 5.91 Å². The Balaban J connectivity index is 1.64. The Kier molecular flexibility index (Phi) is 6.42. The number of hydrogen-bond donors (Lipinski definition) is 0. The summed E-state index contributed by atoms with van der Waals surface area (Å²) in [5.41, 5.74) is 3.33. The van der Waals surface area contributed by atoms with Gasteiger partial charge in [-0.1, -0.05) is 30.3 Å². The first-order chi connectivity index (χ1) is 15.4. The molecular formula is C26H29N3O2S. The van der Waals surface area contributed by atoms with Crippen LogP contribution in [-0.4, -0.2) is 53.8 Å². The molecule has 6 heteroatoms. The number of aromatic nitrogens is 1. The number of pyridine rings is 1. The second-order valence-electron chi connectivity index (χ2n) is 8.88. The Bertz CT molecular complexity index is 1110. The Hall–Kier alpha value is -2.99. The highest BCUT2D eigenvalue weighted by atomic mass is 32.1. The molecule has 0 radical (unpaired) electrons. The Morgan fingerprint density at radius 2 is 1.97 bits per heavy atom. The van der Waals surface area contributed by atoms with Crippen LogP contribution >= 0.6 is 11.3 Å². The molecule has 32 heavy (non-hydrogen) atoms. The minimum Gasteiger partial charge on any atom is -0.348 e. The minimum atomic E-state index is -0.629. The van der Waals surface area contributed by atoms with E-state index >= 15 is 0 Å².